The molecule has 0 spiro atoms. The van der Waals surface area contributed by atoms with Crippen LogP contribution in [0.4, 0.5) is 0 Å². The van der Waals surface area contributed by atoms with E-state index in [4.69, 9.17) is 0 Å². The standard InChI is InChI=1S/C30H26O2/c1-19(31)21-11-15-23(16-12-21)29-25-7-3-5-9-27(25)30(28-10-6-4-8-26(28)29)24-17-13-22(14-18-24)20(2)32/h3-7,9,11-18,26,28H,8,10H2,1-2H3. The van der Waals surface area contributed by atoms with Gasteiger partial charge in [-0.1, -0.05) is 84.9 Å². The summed E-state index contributed by atoms with van der Waals surface area (Å²) >= 11 is 0. The lowest BCUT2D eigenvalue weighted by Crippen LogP contribution is -2.41. The average Bonchev–Trinajstić information content (AvgIpc) is 2.82. The van der Waals surface area contributed by atoms with E-state index in [1.807, 2.05) is 24.3 Å². The van der Waals surface area contributed by atoms with Crippen LogP contribution in [0.2, 0.25) is 0 Å². The summed E-state index contributed by atoms with van der Waals surface area (Å²) in [7, 11) is 0. The number of rotatable bonds is 4. The first kappa shape index (κ1) is 20.4. The van der Waals surface area contributed by atoms with Crippen LogP contribution in [0.5, 0.6) is 0 Å². The van der Waals surface area contributed by atoms with Gasteiger partial charge in [0.25, 0.3) is 0 Å². The van der Waals surface area contributed by atoms with E-state index in [2.05, 4.69) is 60.7 Å². The Bertz CT molecular complexity index is 1250. The molecular weight excluding hydrogens is 392 g/mol. The van der Waals surface area contributed by atoms with Crippen LogP contribution >= 0.6 is 0 Å². The lowest BCUT2D eigenvalue weighted by atomic mass is 9.67. The average molecular weight is 419 g/mol. The van der Waals surface area contributed by atoms with Crippen molar-refractivity contribution in [3.63, 3.8) is 0 Å². The fourth-order valence-electron chi connectivity index (χ4n) is 5.31. The van der Waals surface area contributed by atoms with E-state index in [1.165, 1.54) is 32.7 Å². The molecule has 0 aliphatic heterocycles. The van der Waals surface area contributed by atoms with Crippen molar-refractivity contribution in [3.8, 4) is 0 Å². The van der Waals surface area contributed by atoms with Crippen molar-refractivity contribution >= 4 is 22.7 Å². The summed E-state index contributed by atoms with van der Waals surface area (Å²) in [5.41, 5.74) is 6.62. The normalized spacial score (nSPS) is 19.3. The molecule has 0 saturated carbocycles. The van der Waals surface area contributed by atoms with Crippen LogP contribution in [-0.2, 0) is 0 Å². The van der Waals surface area contributed by atoms with Gasteiger partial charge in [-0.05, 0) is 71.2 Å². The Labute approximate surface area is 188 Å². The zero-order valence-electron chi connectivity index (χ0n) is 18.5. The second kappa shape index (κ2) is 8.20. The first-order valence-electron chi connectivity index (χ1n) is 11.3. The Balaban J connectivity index is 1.79. The third-order valence-corrected chi connectivity index (χ3v) is 6.89. The summed E-state index contributed by atoms with van der Waals surface area (Å²) in [6, 6.07) is 24.9. The SMILES string of the molecule is CC(=O)c1ccc(C2=c3ccccc3=C(c3ccc(C(C)=O)cc3)C3CC=CCC23)cc1. The Morgan fingerprint density at radius 1 is 0.594 bits per heavy atom. The van der Waals surface area contributed by atoms with Crippen molar-refractivity contribution < 1.29 is 9.59 Å². The lowest BCUT2D eigenvalue weighted by Gasteiger charge is -2.36. The van der Waals surface area contributed by atoms with E-state index < -0.39 is 0 Å². The molecular formula is C30H26O2. The molecule has 0 heterocycles. The predicted octanol–water partition coefficient (Wildman–Crippen LogP) is 5.09. The highest BCUT2D eigenvalue weighted by Crippen LogP contribution is 2.43. The number of allylic oxidation sites excluding steroid dienone is 2. The lowest BCUT2D eigenvalue weighted by molar-refractivity contribution is 0.100. The molecule has 2 aliphatic rings. The molecule has 0 N–H and O–H groups in total. The van der Waals surface area contributed by atoms with Crippen molar-refractivity contribution in [1.29, 1.82) is 0 Å². The number of ketones is 2. The van der Waals surface area contributed by atoms with Gasteiger partial charge in [0, 0.05) is 11.1 Å². The number of hydrogen-bond acceptors (Lipinski definition) is 2. The predicted molar refractivity (Wildman–Crippen MR) is 129 cm³/mol. The molecule has 0 fully saturated rings. The topological polar surface area (TPSA) is 34.1 Å². The van der Waals surface area contributed by atoms with E-state index in [0.717, 1.165) is 24.0 Å². The van der Waals surface area contributed by atoms with Crippen LogP contribution in [0.25, 0.3) is 11.1 Å². The van der Waals surface area contributed by atoms with Crippen molar-refractivity contribution in [2.24, 2.45) is 11.8 Å². The number of fused-ring (bicyclic) bond motifs is 2. The van der Waals surface area contributed by atoms with Gasteiger partial charge in [-0.25, -0.2) is 0 Å². The third kappa shape index (κ3) is 3.46. The van der Waals surface area contributed by atoms with Gasteiger partial charge in [-0.3, -0.25) is 9.59 Å². The summed E-state index contributed by atoms with van der Waals surface area (Å²) in [5.74, 6) is 0.934. The summed E-state index contributed by atoms with van der Waals surface area (Å²) in [6.07, 6.45) is 6.60. The summed E-state index contributed by atoms with van der Waals surface area (Å²) in [4.78, 5) is 23.6. The smallest absolute Gasteiger partial charge is 0.159 e. The van der Waals surface area contributed by atoms with Crippen LogP contribution in [0, 0.1) is 11.8 Å². The molecule has 0 radical (unpaired) electrons. The highest BCUT2D eigenvalue weighted by molar-refractivity contribution is 5.95. The van der Waals surface area contributed by atoms with Gasteiger partial charge in [0.15, 0.2) is 11.6 Å². The van der Waals surface area contributed by atoms with Gasteiger partial charge < -0.3 is 0 Å². The van der Waals surface area contributed by atoms with Crippen molar-refractivity contribution in [3.05, 3.63) is 118 Å². The molecule has 2 unspecified atom stereocenters. The Morgan fingerprint density at radius 2 is 0.969 bits per heavy atom. The Hall–Kier alpha value is -3.52. The van der Waals surface area contributed by atoms with Crippen LogP contribution in [-0.4, -0.2) is 11.6 Å². The minimum atomic E-state index is 0.0914. The van der Waals surface area contributed by atoms with Crippen LogP contribution in [0.1, 0.15) is 58.5 Å². The van der Waals surface area contributed by atoms with Crippen LogP contribution < -0.4 is 10.4 Å². The monoisotopic (exact) mass is 418 g/mol. The zero-order chi connectivity index (χ0) is 22.2. The van der Waals surface area contributed by atoms with Gasteiger partial charge in [0.2, 0.25) is 0 Å². The van der Waals surface area contributed by atoms with Crippen molar-refractivity contribution in [2.45, 2.75) is 26.7 Å². The fraction of sp³-hybridized carbons (Fsp3) is 0.200. The highest BCUT2D eigenvalue weighted by atomic mass is 16.1. The highest BCUT2D eigenvalue weighted by Gasteiger charge is 2.33. The van der Waals surface area contributed by atoms with E-state index in [9.17, 15) is 9.59 Å². The maximum absolute atomic E-state index is 11.8. The van der Waals surface area contributed by atoms with Gasteiger partial charge in [0.05, 0.1) is 0 Å². The second-order valence-electron chi connectivity index (χ2n) is 8.80. The molecule has 0 amide bonds. The third-order valence-electron chi connectivity index (χ3n) is 6.89. The molecule has 2 nitrogen and oxygen atoms in total. The molecule has 0 bridgehead atoms. The molecule has 2 heteroatoms. The first-order chi connectivity index (χ1) is 15.5. The molecule has 2 atom stereocenters. The first-order valence-corrected chi connectivity index (χ1v) is 11.3. The van der Waals surface area contributed by atoms with E-state index >= 15 is 0 Å². The van der Waals surface area contributed by atoms with E-state index in [0.29, 0.717) is 11.8 Å². The zero-order valence-corrected chi connectivity index (χ0v) is 18.5. The Morgan fingerprint density at radius 3 is 1.31 bits per heavy atom. The number of Topliss-reactive ketones (excluding diaryl/α,β-unsaturated/α-hetero) is 2. The molecule has 2 aliphatic carbocycles. The molecule has 3 aromatic rings. The maximum Gasteiger partial charge on any atom is 0.159 e. The van der Waals surface area contributed by atoms with Crippen molar-refractivity contribution in [1.82, 2.24) is 0 Å². The molecule has 158 valence electrons. The maximum atomic E-state index is 11.8. The molecule has 32 heavy (non-hydrogen) atoms. The van der Waals surface area contributed by atoms with Crippen LogP contribution in [0.15, 0.2) is 84.9 Å². The second-order valence-corrected chi connectivity index (χ2v) is 8.80. The molecule has 0 saturated heterocycles. The van der Waals surface area contributed by atoms with Crippen LogP contribution in [0.3, 0.4) is 0 Å². The van der Waals surface area contributed by atoms with Gasteiger partial charge in [-0.2, -0.15) is 0 Å². The summed E-state index contributed by atoms with van der Waals surface area (Å²) in [5, 5.41) is 2.54. The molecule has 3 aromatic carbocycles. The number of carbonyl (C=O) groups excluding carboxylic acids is 2. The largest absolute Gasteiger partial charge is 0.295 e. The number of carbonyl (C=O) groups is 2. The number of benzene rings is 3. The summed E-state index contributed by atoms with van der Waals surface area (Å²) in [6.45, 7) is 3.22. The quantitative estimate of drug-likeness (QED) is 0.437. The summed E-state index contributed by atoms with van der Waals surface area (Å²) < 4.78 is 0. The molecule has 0 aromatic heterocycles. The van der Waals surface area contributed by atoms with E-state index in [-0.39, 0.29) is 11.6 Å². The van der Waals surface area contributed by atoms with Gasteiger partial charge >= 0.3 is 0 Å². The Kier molecular flexibility index (Phi) is 5.22. The minimum Gasteiger partial charge on any atom is -0.295 e. The molecule has 5 rings (SSSR count). The van der Waals surface area contributed by atoms with Crippen molar-refractivity contribution in [2.75, 3.05) is 0 Å². The number of hydrogen-bond donors (Lipinski definition) is 0. The van der Waals surface area contributed by atoms with Gasteiger partial charge in [-0.15, -0.1) is 0 Å². The minimum absolute atomic E-state index is 0.0914. The van der Waals surface area contributed by atoms with Gasteiger partial charge in [0.1, 0.15) is 0 Å². The fourth-order valence-corrected chi connectivity index (χ4v) is 5.31. The van der Waals surface area contributed by atoms with E-state index in [1.54, 1.807) is 13.8 Å².